The molecule has 26 heavy (non-hydrogen) atoms. The molecule has 1 saturated heterocycles. The van der Waals surface area contributed by atoms with Crippen molar-refractivity contribution in [3.05, 3.63) is 53.6 Å². The summed E-state index contributed by atoms with van der Waals surface area (Å²) in [4.78, 5) is -0.435. The molecule has 0 aliphatic carbocycles. The molecule has 6 nitrogen and oxygen atoms in total. The molecule has 0 aromatic heterocycles. The Hall–Kier alpha value is -2.20. The lowest BCUT2D eigenvalue weighted by molar-refractivity contribution is 0.504. The van der Waals surface area contributed by atoms with Gasteiger partial charge in [-0.1, -0.05) is 6.07 Å². The Kier molecular flexibility index (Phi) is 4.65. The molecule has 0 amide bonds. The van der Waals surface area contributed by atoms with E-state index in [0.29, 0.717) is 30.3 Å². The maximum atomic E-state index is 13.3. The maximum Gasteiger partial charge on any atom is 0.262 e. The number of halogens is 2. The first-order valence-electron chi connectivity index (χ1n) is 7.69. The Morgan fingerprint density at radius 3 is 2.42 bits per heavy atom. The topological polar surface area (TPSA) is 83.6 Å². The molecule has 3 rings (SSSR count). The van der Waals surface area contributed by atoms with Gasteiger partial charge in [0.05, 0.1) is 22.0 Å². The minimum Gasteiger partial charge on any atom is -0.279 e. The van der Waals surface area contributed by atoms with Crippen LogP contribution in [0.5, 0.6) is 0 Å². The van der Waals surface area contributed by atoms with Crippen molar-refractivity contribution in [1.29, 1.82) is 0 Å². The van der Waals surface area contributed by atoms with Gasteiger partial charge in [0, 0.05) is 6.54 Å². The zero-order valence-electron chi connectivity index (χ0n) is 13.7. The highest BCUT2D eigenvalue weighted by Crippen LogP contribution is 2.30. The van der Waals surface area contributed by atoms with Gasteiger partial charge < -0.3 is 0 Å². The van der Waals surface area contributed by atoms with Crippen molar-refractivity contribution in [2.24, 2.45) is 0 Å². The minimum atomic E-state index is -4.17. The summed E-state index contributed by atoms with van der Waals surface area (Å²) in [6.07, 6.45) is 0.492. The van der Waals surface area contributed by atoms with Crippen molar-refractivity contribution in [1.82, 2.24) is 0 Å². The number of aryl methyl sites for hydroxylation is 1. The predicted molar refractivity (Wildman–Crippen MR) is 94.1 cm³/mol. The first kappa shape index (κ1) is 18.6. The summed E-state index contributed by atoms with van der Waals surface area (Å²) in [5, 5.41) is 0. The molecular formula is C16H16F2N2O4S2. The molecule has 10 heteroatoms. The molecule has 2 aromatic carbocycles. The minimum absolute atomic E-state index is 0.0385. The Labute approximate surface area is 150 Å². The Morgan fingerprint density at radius 2 is 1.81 bits per heavy atom. The summed E-state index contributed by atoms with van der Waals surface area (Å²) in [5.41, 5.74) is 1.06. The standard InChI is InChI=1S/C16H16F2N2O4S2/c1-11-3-4-12(20-7-2-8-25(20,21)22)9-16(11)19-26(23,24)13-5-6-14(17)15(18)10-13/h3-6,9-10,19H,2,7-8H2,1H3. The summed E-state index contributed by atoms with van der Waals surface area (Å²) in [5.74, 6) is -2.39. The molecule has 140 valence electrons. The molecule has 0 unspecified atom stereocenters. The Balaban J connectivity index is 1.96. The molecule has 0 atom stereocenters. The van der Waals surface area contributed by atoms with Crippen molar-refractivity contribution < 1.29 is 25.6 Å². The lowest BCUT2D eigenvalue weighted by Gasteiger charge is -2.19. The fraction of sp³-hybridized carbons (Fsp3) is 0.250. The quantitative estimate of drug-likeness (QED) is 0.852. The largest absolute Gasteiger partial charge is 0.279 e. The second-order valence-electron chi connectivity index (χ2n) is 5.92. The summed E-state index contributed by atoms with van der Waals surface area (Å²) in [6, 6.07) is 6.85. The number of sulfonamides is 2. The van der Waals surface area contributed by atoms with E-state index in [0.717, 1.165) is 12.1 Å². The van der Waals surface area contributed by atoms with Crippen LogP contribution in [0, 0.1) is 18.6 Å². The fourth-order valence-corrected chi connectivity index (χ4v) is 5.34. The number of nitrogens with zero attached hydrogens (tertiary/aromatic N) is 1. The molecule has 2 aromatic rings. The summed E-state index contributed by atoms with van der Waals surface area (Å²) in [7, 11) is -7.58. The van der Waals surface area contributed by atoms with Gasteiger partial charge in [-0.05, 0) is 49.2 Å². The fourth-order valence-electron chi connectivity index (χ4n) is 2.65. The number of benzene rings is 2. The van der Waals surface area contributed by atoms with Crippen LogP contribution in [0.15, 0.2) is 41.3 Å². The molecule has 0 spiro atoms. The van der Waals surface area contributed by atoms with E-state index in [1.54, 1.807) is 19.1 Å². The van der Waals surface area contributed by atoms with Gasteiger partial charge in [-0.2, -0.15) is 0 Å². The van der Waals surface area contributed by atoms with E-state index in [2.05, 4.69) is 4.72 Å². The van der Waals surface area contributed by atoms with Gasteiger partial charge >= 0.3 is 0 Å². The highest BCUT2D eigenvalue weighted by Gasteiger charge is 2.29. The van der Waals surface area contributed by atoms with Gasteiger partial charge in [-0.3, -0.25) is 9.03 Å². The molecule has 1 heterocycles. The van der Waals surface area contributed by atoms with Crippen LogP contribution < -0.4 is 9.03 Å². The molecule has 0 radical (unpaired) electrons. The molecule has 0 bridgehead atoms. The van der Waals surface area contributed by atoms with Gasteiger partial charge in [0.25, 0.3) is 10.0 Å². The van der Waals surface area contributed by atoms with Gasteiger partial charge in [0.1, 0.15) is 0 Å². The highest BCUT2D eigenvalue weighted by molar-refractivity contribution is 7.93. The Morgan fingerprint density at radius 1 is 1.08 bits per heavy atom. The van der Waals surface area contributed by atoms with Crippen LogP contribution in [-0.2, 0) is 20.0 Å². The molecule has 1 N–H and O–H groups in total. The lowest BCUT2D eigenvalue weighted by atomic mass is 10.2. The van der Waals surface area contributed by atoms with E-state index < -0.39 is 36.6 Å². The normalized spacial score (nSPS) is 16.7. The average Bonchev–Trinajstić information content (AvgIpc) is 2.91. The van der Waals surface area contributed by atoms with E-state index >= 15 is 0 Å². The second kappa shape index (κ2) is 6.51. The van der Waals surface area contributed by atoms with Crippen molar-refractivity contribution >= 4 is 31.4 Å². The summed E-state index contributed by atoms with van der Waals surface area (Å²) in [6.45, 7) is 1.96. The van der Waals surface area contributed by atoms with Crippen molar-refractivity contribution in [2.45, 2.75) is 18.2 Å². The average molecular weight is 402 g/mol. The van der Waals surface area contributed by atoms with Gasteiger partial charge in [-0.25, -0.2) is 25.6 Å². The van der Waals surface area contributed by atoms with E-state index in [1.165, 1.54) is 10.4 Å². The number of hydrogen-bond acceptors (Lipinski definition) is 4. The smallest absolute Gasteiger partial charge is 0.262 e. The third-order valence-electron chi connectivity index (χ3n) is 4.05. The van der Waals surface area contributed by atoms with Crippen molar-refractivity contribution in [2.75, 3.05) is 21.3 Å². The predicted octanol–water partition coefficient (Wildman–Crippen LogP) is 2.61. The van der Waals surface area contributed by atoms with Crippen LogP contribution in [0.25, 0.3) is 0 Å². The van der Waals surface area contributed by atoms with E-state index in [-0.39, 0.29) is 11.4 Å². The molecule has 1 aliphatic rings. The van der Waals surface area contributed by atoms with Crippen LogP contribution in [-0.4, -0.2) is 29.1 Å². The number of rotatable bonds is 4. The van der Waals surface area contributed by atoms with E-state index in [4.69, 9.17) is 0 Å². The SMILES string of the molecule is Cc1ccc(N2CCCS2(=O)=O)cc1NS(=O)(=O)c1ccc(F)c(F)c1. The van der Waals surface area contributed by atoms with Crippen LogP contribution in [0.3, 0.4) is 0 Å². The summed E-state index contributed by atoms with van der Waals surface area (Å²) >= 11 is 0. The molecule has 0 saturated carbocycles. The third-order valence-corrected chi connectivity index (χ3v) is 7.29. The number of anilines is 2. The van der Waals surface area contributed by atoms with Crippen molar-refractivity contribution in [3.63, 3.8) is 0 Å². The van der Waals surface area contributed by atoms with Crippen LogP contribution in [0.1, 0.15) is 12.0 Å². The Bertz CT molecular complexity index is 1070. The highest BCUT2D eigenvalue weighted by atomic mass is 32.2. The van der Waals surface area contributed by atoms with Gasteiger partial charge in [0.15, 0.2) is 11.6 Å². The lowest BCUT2D eigenvalue weighted by Crippen LogP contribution is -2.25. The molecule has 1 fully saturated rings. The zero-order valence-corrected chi connectivity index (χ0v) is 15.4. The zero-order chi connectivity index (χ0) is 19.1. The van der Waals surface area contributed by atoms with Gasteiger partial charge in [-0.15, -0.1) is 0 Å². The van der Waals surface area contributed by atoms with Crippen molar-refractivity contribution in [3.8, 4) is 0 Å². The molecular weight excluding hydrogens is 386 g/mol. The van der Waals surface area contributed by atoms with E-state index in [1.807, 2.05) is 0 Å². The van der Waals surface area contributed by atoms with Crippen LogP contribution in [0.2, 0.25) is 0 Å². The first-order chi connectivity index (χ1) is 12.1. The third kappa shape index (κ3) is 3.51. The van der Waals surface area contributed by atoms with E-state index in [9.17, 15) is 25.6 Å². The monoisotopic (exact) mass is 402 g/mol. The molecule has 1 aliphatic heterocycles. The van der Waals surface area contributed by atoms with Gasteiger partial charge in [0.2, 0.25) is 10.0 Å². The maximum absolute atomic E-state index is 13.3. The number of nitrogens with one attached hydrogen (secondary N) is 1. The second-order valence-corrected chi connectivity index (χ2v) is 9.62. The number of hydrogen-bond donors (Lipinski definition) is 1. The van der Waals surface area contributed by atoms with Crippen LogP contribution in [0.4, 0.5) is 20.2 Å². The van der Waals surface area contributed by atoms with Crippen LogP contribution >= 0.6 is 0 Å². The first-order valence-corrected chi connectivity index (χ1v) is 10.8. The summed E-state index contributed by atoms with van der Waals surface area (Å²) < 4.78 is 78.9.